The van der Waals surface area contributed by atoms with E-state index in [4.69, 9.17) is 0 Å². The first-order valence-electron chi connectivity index (χ1n) is 6.41. The summed E-state index contributed by atoms with van der Waals surface area (Å²) in [4.78, 5) is 24.0. The number of aryl methyl sites for hydroxylation is 2. The lowest BCUT2D eigenvalue weighted by molar-refractivity contribution is 0.0846. The van der Waals surface area contributed by atoms with Crippen molar-refractivity contribution in [3.8, 4) is 0 Å². The van der Waals surface area contributed by atoms with Gasteiger partial charge >= 0.3 is 0 Å². The fourth-order valence-electron chi connectivity index (χ4n) is 1.78. The third-order valence-electron chi connectivity index (χ3n) is 3.18. The van der Waals surface area contributed by atoms with Gasteiger partial charge in [-0.25, -0.2) is 0 Å². The van der Waals surface area contributed by atoms with Gasteiger partial charge in [0.1, 0.15) is 0 Å². The summed E-state index contributed by atoms with van der Waals surface area (Å²) >= 11 is 3.29. The van der Waals surface area contributed by atoms with Gasteiger partial charge < -0.3 is 0 Å². The fraction of sp³-hybridized carbons (Fsp3) is 0.125. The highest BCUT2D eigenvalue weighted by molar-refractivity contribution is 9.10. The Balaban J connectivity index is 2.02. The number of hydrogen-bond donors (Lipinski definition) is 2. The van der Waals surface area contributed by atoms with Crippen LogP contribution in [0.5, 0.6) is 0 Å². The Morgan fingerprint density at radius 3 is 2.24 bits per heavy atom. The summed E-state index contributed by atoms with van der Waals surface area (Å²) in [6, 6.07) is 12.4. The topological polar surface area (TPSA) is 58.2 Å². The summed E-state index contributed by atoms with van der Waals surface area (Å²) in [5.74, 6) is -0.724. The number of nitrogens with one attached hydrogen (secondary N) is 2. The second-order valence-corrected chi connectivity index (χ2v) is 5.54. The summed E-state index contributed by atoms with van der Waals surface area (Å²) in [7, 11) is 0. The Hall–Kier alpha value is -2.14. The third-order valence-corrected chi connectivity index (χ3v) is 3.87. The van der Waals surface area contributed by atoms with Crippen LogP contribution in [0.25, 0.3) is 0 Å². The first-order valence-corrected chi connectivity index (χ1v) is 7.21. The molecule has 0 saturated carbocycles. The fourth-order valence-corrected chi connectivity index (χ4v) is 2.25. The van der Waals surface area contributed by atoms with Crippen molar-refractivity contribution >= 4 is 27.7 Å². The molecule has 2 N–H and O–H groups in total. The van der Waals surface area contributed by atoms with Gasteiger partial charge in [-0.1, -0.05) is 18.2 Å². The highest BCUT2D eigenvalue weighted by atomic mass is 79.9. The van der Waals surface area contributed by atoms with Crippen molar-refractivity contribution in [1.29, 1.82) is 0 Å². The molecule has 2 aromatic carbocycles. The molecule has 2 rings (SSSR count). The van der Waals surface area contributed by atoms with E-state index in [1.165, 1.54) is 0 Å². The number of carbonyl (C=O) groups is 2. The molecule has 0 aliphatic rings. The molecule has 0 aliphatic carbocycles. The molecule has 0 radical (unpaired) electrons. The van der Waals surface area contributed by atoms with Crippen molar-refractivity contribution in [3.63, 3.8) is 0 Å². The molecule has 2 aromatic rings. The van der Waals surface area contributed by atoms with E-state index in [0.717, 1.165) is 11.1 Å². The molecule has 5 heteroatoms. The predicted octanol–water partition coefficient (Wildman–Crippen LogP) is 3.14. The molecule has 0 aliphatic heterocycles. The molecular formula is C16H15BrN2O2. The number of amides is 2. The van der Waals surface area contributed by atoms with Gasteiger partial charge in [0.25, 0.3) is 11.8 Å². The smallest absolute Gasteiger partial charge is 0.267 e. The van der Waals surface area contributed by atoms with Gasteiger partial charge in [0.2, 0.25) is 0 Å². The number of carbonyl (C=O) groups excluding carboxylic acids is 2. The van der Waals surface area contributed by atoms with Crippen molar-refractivity contribution in [2.24, 2.45) is 0 Å². The molecule has 0 atom stereocenters. The van der Waals surface area contributed by atoms with Crippen LogP contribution in [-0.2, 0) is 0 Å². The van der Waals surface area contributed by atoms with Crippen LogP contribution in [0.4, 0.5) is 0 Å². The molecule has 0 unspecified atom stereocenters. The minimum Gasteiger partial charge on any atom is -0.267 e. The van der Waals surface area contributed by atoms with Crippen molar-refractivity contribution in [3.05, 3.63) is 69.2 Å². The minimum atomic E-state index is -0.375. The highest BCUT2D eigenvalue weighted by Crippen LogP contribution is 2.15. The van der Waals surface area contributed by atoms with Crippen molar-refractivity contribution < 1.29 is 9.59 Å². The lowest BCUT2D eigenvalue weighted by Gasteiger charge is -2.09. The maximum Gasteiger partial charge on any atom is 0.270 e. The Kier molecular flexibility index (Phi) is 4.75. The van der Waals surface area contributed by atoms with E-state index >= 15 is 0 Å². The van der Waals surface area contributed by atoms with Gasteiger partial charge in [0, 0.05) is 10.0 Å². The van der Waals surface area contributed by atoms with E-state index in [-0.39, 0.29) is 11.8 Å². The maximum atomic E-state index is 12.0. The Morgan fingerprint density at radius 2 is 1.57 bits per heavy atom. The largest absolute Gasteiger partial charge is 0.270 e. The van der Waals surface area contributed by atoms with Gasteiger partial charge in [0.05, 0.1) is 5.56 Å². The van der Waals surface area contributed by atoms with E-state index in [1.807, 2.05) is 26.0 Å². The van der Waals surface area contributed by atoms with Crippen molar-refractivity contribution in [2.75, 3.05) is 0 Å². The van der Waals surface area contributed by atoms with Crippen LogP contribution in [-0.4, -0.2) is 11.8 Å². The zero-order valence-corrected chi connectivity index (χ0v) is 13.3. The molecule has 0 aromatic heterocycles. The predicted molar refractivity (Wildman–Crippen MR) is 85.0 cm³/mol. The van der Waals surface area contributed by atoms with E-state index in [9.17, 15) is 9.59 Å². The zero-order chi connectivity index (χ0) is 15.4. The number of rotatable bonds is 2. The van der Waals surface area contributed by atoms with Gasteiger partial charge in [-0.05, 0) is 65.2 Å². The van der Waals surface area contributed by atoms with Gasteiger partial charge in [0.15, 0.2) is 0 Å². The first-order chi connectivity index (χ1) is 9.99. The van der Waals surface area contributed by atoms with E-state index < -0.39 is 0 Å². The van der Waals surface area contributed by atoms with Crippen molar-refractivity contribution in [1.82, 2.24) is 10.9 Å². The quantitative estimate of drug-likeness (QED) is 0.820. The van der Waals surface area contributed by atoms with Crippen LogP contribution < -0.4 is 10.9 Å². The summed E-state index contributed by atoms with van der Waals surface area (Å²) in [6.07, 6.45) is 0. The molecular weight excluding hydrogens is 332 g/mol. The number of benzene rings is 2. The average Bonchev–Trinajstić information content (AvgIpc) is 2.47. The molecule has 4 nitrogen and oxygen atoms in total. The number of halogens is 1. The maximum absolute atomic E-state index is 12.0. The number of hydrazine groups is 1. The van der Waals surface area contributed by atoms with Gasteiger partial charge in [-0.15, -0.1) is 0 Å². The lowest BCUT2D eigenvalue weighted by atomic mass is 10.1. The van der Waals surface area contributed by atoms with E-state index in [2.05, 4.69) is 26.8 Å². The molecule has 0 fully saturated rings. The SMILES string of the molecule is Cc1ccc(C(=O)NNC(=O)c2ccccc2Br)cc1C. The van der Waals surface area contributed by atoms with Crippen LogP contribution in [0.1, 0.15) is 31.8 Å². The Morgan fingerprint density at radius 1 is 0.905 bits per heavy atom. The lowest BCUT2D eigenvalue weighted by Crippen LogP contribution is -2.41. The Labute approximate surface area is 131 Å². The molecule has 0 spiro atoms. The molecule has 0 heterocycles. The van der Waals surface area contributed by atoms with Crippen molar-refractivity contribution in [2.45, 2.75) is 13.8 Å². The van der Waals surface area contributed by atoms with Crippen LogP contribution in [0.15, 0.2) is 46.9 Å². The normalized spacial score (nSPS) is 10.0. The van der Waals surface area contributed by atoms with Crippen LogP contribution in [0.3, 0.4) is 0 Å². The minimum absolute atomic E-state index is 0.349. The second-order valence-electron chi connectivity index (χ2n) is 4.69. The summed E-state index contributed by atoms with van der Waals surface area (Å²) < 4.78 is 0.669. The van der Waals surface area contributed by atoms with E-state index in [1.54, 1.807) is 30.3 Å². The average molecular weight is 347 g/mol. The highest BCUT2D eigenvalue weighted by Gasteiger charge is 2.11. The Bertz CT molecular complexity index is 698. The zero-order valence-electron chi connectivity index (χ0n) is 11.7. The standard InChI is InChI=1S/C16H15BrN2O2/c1-10-7-8-12(9-11(10)2)15(20)18-19-16(21)13-5-3-4-6-14(13)17/h3-9H,1-2H3,(H,18,20)(H,19,21). The third kappa shape index (κ3) is 3.70. The first kappa shape index (κ1) is 15.3. The summed E-state index contributed by atoms with van der Waals surface area (Å²) in [5.41, 5.74) is 7.92. The molecule has 0 bridgehead atoms. The second kappa shape index (κ2) is 6.54. The molecule has 21 heavy (non-hydrogen) atoms. The molecule has 2 amide bonds. The van der Waals surface area contributed by atoms with Crippen LogP contribution in [0, 0.1) is 13.8 Å². The monoisotopic (exact) mass is 346 g/mol. The van der Waals surface area contributed by atoms with Gasteiger partial charge in [-0.2, -0.15) is 0 Å². The van der Waals surface area contributed by atoms with Crippen LogP contribution >= 0.6 is 15.9 Å². The van der Waals surface area contributed by atoms with Crippen LogP contribution in [0.2, 0.25) is 0 Å². The molecule has 0 saturated heterocycles. The summed E-state index contributed by atoms with van der Waals surface area (Å²) in [5, 5.41) is 0. The number of hydrogen-bond acceptors (Lipinski definition) is 2. The summed E-state index contributed by atoms with van der Waals surface area (Å²) in [6.45, 7) is 3.91. The van der Waals surface area contributed by atoms with Gasteiger partial charge in [-0.3, -0.25) is 20.4 Å². The molecule has 108 valence electrons. The van der Waals surface area contributed by atoms with E-state index in [0.29, 0.717) is 15.6 Å².